The van der Waals surface area contributed by atoms with Crippen LogP contribution in [0.2, 0.25) is 0 Å². The molecule has 1 amide bonds. The Kier molecular flexibility index (Phi) is 3.46. The lowest BCUT2D eigenvalue weighted by atomic mass is 10.1. The number of nitrogens with one attached hydrogen (secondary N) is 2. The van der Waals surface area contributed by atoms with E-state index in [0.29, 0.717) is 11.1 Å². The molecule has 7 heteroatoms. The summed E-state index contributed by atoms with van der Waals surface area (Å²) in [6.45, 7) is 0.168. The van der Waals surface area contributed by atoms with Crippen LogP contribution in [0.25, 0.3) is 11.1 Å². The van der Waals surface area contributed by atoms with E-state index in [1.807, 2.05) is 0 Å². The van der Waals surface area contributed by atoms with Gasteiger partial charge in [0.05, 0.1) is 5.52 Å². The van der Waals surface area contributed by atoms with E-state index in [-0.39, 0.29) is 12.1 Å². The summed E-state index contributed by atoms with van der Waals surface area (Å²) < 4.78 is 30.8. The van der Waals surface area contributed by atoms with Crippen molar-refractivity contribution in [1.29, 1.82) is 0 Å². The van der Waals surface area contributed by atoms with Crippen LogP contribution in [-0.4, -0.2) is 10.9 Å². The zero-order valence-corrected chi connectivity index (χ0v) is 11.2. The number of amides is 1. The zero-order chi connectivity index (χ0) is 15.7. The summed E-state index contributed by atoms with van der Waals surface area (Å²) in [5.41, 5.74) is 1.68. The van der Waals surface area contributed by atoms with Crippen molar-refractivity contribution in [2.75, 3.05) is 0 Å². The van der Waals surface area contributed by atoms with Crippen LogP contribution in [-0.2, 0) is 6.54 Å². The Bertz CT molecular complexity index is 915. The number of carbonyl (C=O) groups is 1. The van der Waals surface area contributed by atoms with Gasteiger partial charge in [0.25, 0.3) is 5.91 Å². The summed E-state index contributed by atoms with van der Waals surface area (Å²) in [5.74, 6) is -3.17. The fourth-order valence-electron chi connectivity index (χ4n) is 2.03. The highest BCUT2D eigenvalue weighted by Crippen LogP contribution is 2.13. The second-order valence-corrected chi connectivity index (χ2v) is 4.66. The highest BCUT2D eigenvalue weighted by Gasteiger charge is 2.10. The molecule has 0 aliphatic heterocycles. The highest BCUT2D eigenvalue weighted by molar-refractivity contribution is 5.94. The van der Waals surface area contributed by atoms with Crippen molar-refractivity contribution in [2.24, 2.45) is 0 Å². The topological polar surface area (TPSA) is 75.1 Å². The fraction of sp³-hybridized carbons (Fsp3) is 0.0667. The van der Waals surface area contributed by atoms with Gasteiger partial charge in [0.15, 0.2) is 17.2 Å². The van der Waals surface area contributed by atoms with Crippen LogP contribution in [0.15, 0.2) is 45.6 Å². The van der Waals surface area contributed by atoms with Crippen molar-refractivity contribution in [3.05, 3.63) is 69.7 Å². The lowest BCUT2D eigenvalue weighted by Gasteiger charge is -2.06. The summed E-state index contributed by atoms with van der Waals surface area (Å²) in [6, 6.07) is 7.88. The number of halogens is 2. The molecule has 22 heavy (non-hydrogen) atoms. The molecule has 5 nitrogen and oxygen atoms in total. The van der Waals surface area contributed by atoms with E-state index >= 15 is 0 Å². The lowest BCUT2D eigenvalue weighted by Crippen LogP contribution is -2.23. The van der Waals surface area contributed by atoms with E-state index in [4.69, 9.17) is 4.42 Å². The molecule has 1 heterocycles. The number of fused-ring (bicyclic) bond motifs is 1. The molecule has 0 fully saturated rings. The first-order valence-corrected chi connectivity index (χ1v) is 6.38. The molecule has 112 valence electrons. The van der Waals surface area contributed by atoms with Gasteiger partial charge in [0, 0.05) is 12.1 Å². The number of carbonyl (C=O) groups excluding carboxylic acids is 1. The minimum Gasteiger partial charge on any atom is -0.408 e. The molecule has 0 saturated carbocycles. The monoisotopic (exact) mass is 304 g/mol. The van der Waals surface area contributed by atoms with Crippen LogP contribution in [0.1, 0.15) is 15.9 Å². The van der Waals surface area contributed by atoms with Gasteiger partial charge >= 0.3 is 5.76 Å². The van der Waals surface area contributed by atoms with Gasteiger partial charge in [-0.3, -0.25) is 9.78 Å². The molecule has 0 unspecified atom stereocenters. The van der Waals surface area contributed by atoms with E-state index in [1.165, 1.54) is 6.07 Å². The average Bonchev–Trinajstić information content (AvgIpc) is 2.86. The third-order valence-electron chi connectivity index (χ3n) is 3.12. The van der Waals surface area contributed by atoms with Crippen LogP contribution in [0.4, 0.5) is 8.78 Å². The smallest absolute Gasteiger partial charge is 0.408 e. The first-order valence-electron chi connectivity index (χ1n) is 6.38. The van der Waals surface area contributed by atoms with Crippen molar-refractivity contribution >= 4 is 17.0 Å². The van der Waals surface area contributed by atoms with Gasteiger partial charge in [-0.2, -0.15) is 0 Å². The van der Waals surface area contributed by atoms with Gasteiger partial charge in [-0.25, -0.2) is 13.6 Å². The number of benzene rings is 2. The van der Waals surface area contributed by atoms with Crippen molar-refractivity contribution < 1.29 is 18.0 Å². The maximum absolute atomic E-state index is 13.1. The third-order valence-corrected chi connectivity index (χ3v) is 3.12. The van der Waals surface area contributed by atoms with Crippen LogP contribution < -0.4 is 11.1 Å². The van der Waals surface area contributed by atoms with E-state index < -0.39 is 23.3 Å². The number of hydrogen-bond acceptors (Lipinski definition) is 3. The number of H-pyrrole nitrogens is 1. The average molecular weight is 304 g/mol. The molecule has 0 radical (unpaired) electrons. The predicted molar refractivity (Wildman–Crippen MR) is 74.4 cm³/mol. The standard InChI is InChI=1S/C15H10F2N2O3/c16-10-3-2-9(6-11(10)17)14(20)18-7-8-1-4-13-12(5-8)19-15(21)22-13/h1-6H,7H2,(H,18,20)(H,19,21). The van der Waals surface area contributed by atoms with E-state index in [2.05, 4.69) is 10.3 Å². The fourth-order valence-corrected chi connectivity index (χ4v) is 2.03. The molecule has 0 saturated heterocycles. The van der Waals surface area contributed by atoms with Crippen LogP contribution in [0.3, 0.4) is 0 Å². The minimum atomic E-state index is -1.08. The summed E-state index contributed by atoms with van der Waals surface area (Å²) in [5, 5.41) is 2.58. The number of rotatable bonds is 3. The highest BCUT2D eigenvalue weighted by atomic mass is 19.2. The normalized spacial score (nSPS) is 10.8. The molecule has 3 aromatic rings. The number of aromatic nitrogens is 1. The van der Waals surface area contributed by atoms with Gasteiger partial charge < -0.3 is 9.73 Å². The summed E-state index contributed by atoms with van der Waals surface area (Å²) >= 11 is 0. The quantitative estimate of drug-likeness (QED) is 0.780. The molecule has 2 N–H and O–H groups in total. The van der Waals surface area contributed by atoms with Crippen molar-refractivity contribution in [1.82, 2.24) is 10.3 Å². The Labute approximate surface area is 122 Å². The lowest BCUT2D eigenvalue weighted by molar-refractivity contribution is 0.0950. The molecule has 0 bridgehead atoms. The first-order chi connectivity index (χ1) is 10.5. The largest absolute Gasteiger partial charge is 0.417 e. The maximum Gasteiger partial charge on any atom is 0.417 e. The Morgan fingerprint density at radius 2 is 1.95 bits per heavy atom. The summed E-state index contributed by atoms with van der Waals surface area (Å²) in [7, 11) is 0. The SMILES string of the molecule is O=C(NCc1ccc2oc(=O)[nH]c2c1)c1ccc(F)c(F)c1. The molecule has 0 atom stereocenters. The zero-order valence-electron chi connectivity index (χ0n) is 11.2. The second-order valence-electron chi connectivity index (χ2n) is 4.66. The van der Waals surface area contributed by atoms with Crippen LogP contribution in [0, 0.1) is 11.6 Å². The van der Waals surface area contributed by atoms with Crippen molar-refractivity contribution in [2.45, 2.75) is 6.54 Å². The van der Waals surface area contributed by atoms with Gasteiger partial charge in [0.1, 0.15) is 0 Å². The first kappa shape index (κ1) is 14.0. The van der Waals surface area contributed by atoms with Crippen LogP contribution in [0.5, 0.6) is 0 Å². The van der Waals surface area contributed by atoms with Crippen molar-refractivity contribution in [3.63, 3.8) is 0 Å². The Balaban J connectivity index is 1.73. The third kappa shape index (κ3) is 2.73. The molecular weight excluding hydrogens is 294 g/mol. The maximum atomic E-state index is 13.1. The number of aromatic amines is 1. The van der Waals surface area contributed by atoms with E-state index in [9.17, 15) is 18.4 Å². The van der Waals surface area contributed by atoms with Gasteiger partial charge in [-0.05, 0) is 35.9 Å². The summed E-state index contributed by atoms with van der Waals surface area (Å²) in [6.07, 6.45) is 0. The van der Waals surface area contributed by atoms with Gasteiger partial charge in [-0.15, -0.1) is 0 Å². The van der Waals surface area contributed by atoms with E-state index in [1.54, 1.807) is 18.2 Å². The summed E-state index contributed by atoms with van der Waals surface area (Å²) in [4.78, 5) is 25.4. The Morgan fingerprint density at radius 3 is 2.73 bits per heavy atom. The minimum absolute atomic E-state index is 0.0247. The second kappa shape index (κ2) is 5.44. The Hall–Kier alpha value is -2.96. The predicted octanol–water partition coefficient (Wildman–Crippen LogP) is 2.33. The number of hydrogen-bond donors (Lipinski definition) is 2. The molecule has 0 spiro atoms. The van der Waals surface area contributed by atoms with Gasteiger partial charge in [-0.1, -0.05) is 6.07 Å². The molecule has 1 aromatic heterocycles. The molecule has 0 aliphatic rings. The Morgan fingerprint density at radius 1 is 1.14 bits per heavy atom. The molecule has 2 aromatic carbocycles. The van der Waals surface area contributed by atoms with Crippen LogP contribution >= 0.6 is 0 Å². The molecule has 0 aliphatic carbocycles. The molecule has 3 rings (SSSR count). The van der Waals surface area contributed by atoms with Crippen molar-refractivity contribution in [3.8, 4) is 0 Å². The van der Waals surface area contributed by atoms with Gasteiger partial charge in [0.2, 0.25) is 0 Å². The molecular formula is C15H10F2N2O3. The van der Waals surface area contributed by atoms with E-state index in [0.717, 1.165) is 17.7 Å². The number of oxazole rings is 1.